The predicted octanol–water partition coefficient (Wildman–Crippen LogP) is 5.66. The summed E-state index contributed by atoms with van der Waals surface area (Å²) in [6, 6.07) is 21.7. The SMILES string of the molecule is CC(C)Nc1ccc(Oc2ccc3nc(COc4ccc(CC5SC(=O)NC5=O)cc4)n(C)c3c2)cc1. The zero-order valence-electron chi connectivity index (χ0n) is 20.9. The molecule has 0 radical (unpaired) electrons. The van der Waals surface area contributed by atoms with Gasteiger partial charge in [0.15, 0.2) is 0 Å². The summed E-state index contributed by atoms with van der Waals surface area (Å²) >= 11 is 1.03. The lowest BCUT2D eigenvalue weighted by atomic mass is 10.1. The molecule has 0 bridgehead atoms. The summed E-state index contributed by atoms with van der Waals surface area (Å²) in [7, 11) is 1.96. The molecule has 2 amide bonds. The number of carbonyl (C=O) groups is 2. The number of fused-ring (bicyclic) bond motifs is 1. The van der Waals surface area contributed by atoms with Crippen molar-refractivity contribution in [2.45, 2.75) is 38.2 Å². The third-order valence-corrected chi connectivity index (χ3v) is 6.95. The molecule has 2 heterocycles. The van der Waals surface area contributed by atoms with Gasteiger partial charge in [-0.05, 0) is 74.4 Å². The second-order valence-corrected chi connectivity index (χ2v) is 10.4. The number of aryl methyl sites for hydroxylation is 1. The van der Waals surface area contributed by atoms with Crippen LogP contribution in [0.5, 0.6) is 17.2 Å². The summed E-state index contributed by atoms with van der Waals surface area (Å²) in [4.78, 5) is 27.8. The minimum Gasteiger partial charge on any atom is -0.486 e. The molecular weight excluding hydrogens is 488 g/mol. The van der Waals surface area contributed by atoms with Gasteiger partial charge in [0.05, 0.1) is 16.3 Å². The molecule has 1 unspecified atom stereocenters. The number of hydrogen-bond donors (Lipinski definition) is 2. The number of thioether (sulfide) groups is 1. The number of anilines is 1. The van der Waals surface area contributed by atoms with Crippen LogP contribution in [0, 0.1) is 0 Å². The fourth-order valence-electron chi connectivity index (χ4n) is 4.11. The van der Waals surface area contributed by atoms with Gasteiger partial charge in [-0.2, -0.15) is 0 Å². The summed E-state index contributed by atoms with van der Waals surface area (Å²) < 4.78 is 14.0. The van der Waals surface area contributed by atoms with Gasteiger partial charge in [0.2, 0.25) is 5.91 Å². The second kappa shape index (κ2) is 10.6. The molecule has 3 aromatic carbocycles. The number of aromatic nitrogens is 2. The predicted molar refractivity (Wildman–Crippen MR) is 145 cm³/mol. The lowest BCUT2D eigenvalue weighted by Crippen LogP contribution is -2.25. The summed E-state index contributed by atoms with van der Waals surface area (Å²) in [6.45, 7) is 4.51. The summed E-state index contributed by atoms with van der Waals surface area (Å²) in [5, 5.41) is 5.02. The van der Waals surface area contributed by atoms with Crippen LogP contribution in [0.1, 0.15) is 25.2 Å². The van der Waals surface area contributed by atoms with Gasteiger partial charge in [-0.3, -0.25) is 14.9 Å². The number of rotatable bonds is 9. The van der Waals surface area contributed by atoms with E-state index < -0.39 is 0 Å². The minimum atomic E-state index is -0.380. The first-order valence-electron chi connectivity index (χ1n) is 12.1. The first-order valence-corrected chi connectivity index (χ1v) is 12.9. The van der Waals surface area contributed by atoms with Crippen LogP contribution in [0.3, 0.4) is 0 Å². The van der Waals surface area contributed by atoms with Crippen molar-refractivity contribution in [3.63, 3.8) is 0 Å². The van der Waals surface area contributed by atoms with Crippen molar-refractivity contribution in [3.8, 4) is 17.2 Å². The molecule has 8 nitrogen and oxygen atoms in total. The van der Waals surface area contributed by atoms with Crippen molar-refractivity contribution in [1.82, 2.24) is 14.9 Å². The van der Waals surface area contributed by atoms with Crippen LogP contribution < -0.4 is 20.1 Å². The first-order chi connectivity index (χ1) is 17.8. The smallest absolute Gasteiger partial charge is 0.286 e. The molecule has 37 heavy (non-hydrogen) atoms. The normalized spacial score (nSPS) is 15.3. The monoisotopic (exact) mass is 516 g/mol. The number of carbonyl (C=O) groups excluding carboxylic acids is 2. The van der Waals surface area contributed by atoms with Crippen LogP contribution in [0.4, 0.5) is 10.5 Å². The van der Waals surface area contributed by atoms with Crippen LogP contribution >= 0.6 is 11.8 Å². The molecule has 0 aliphatic carbocycles. The highest BCUT2D eigenvalue weighted by molar-refractivity contribution is 8.15. The van der Waals surface area contributed by atoms with E-state index in [0.29, 0.717) is 24.8 Å². The van der Waals surface area contributed by atoms with Gasteiger partial charge >= 0.3 is 0 Å². The lowest BCUT2D eigenvalue weighted by Gasteiger charge is -2.11. The number of nitrogens with zero attached hydrogens (tertiary/aromatic N) is 2. The van der Waals surface area contributed by atoms with Crippen molar-refractivity contribution in [2.75, 3.05) is 5.32 Å². The van der Waals surface area contributed by atoms with Crippen LogP contribution in [-0.4, -0.2) is 32.0 Å². The quantitative estimate of drug-likeness (QED) is 0.296. The molecule has 1 aliphatic rings. The van der Waals surface area contributed by atoms with E-state index in [1.807, 2.05) is 78.3 Å². The number of ether oxygens (including phenoxy) is 2. The Labute approximate surface area is 219 Å². The number of imidazole rings is 1. The van der Waals surface area contributed by atoms with Gasteiger partial charge in [0, 0.05) is 24.8 Å². The van der Waals surface area contributed by atoms with E-state index in [-0.39, 0.29) is 16.4 Å². The zero-order valence-corrected chi connectivity index (χ0v) is 21.7. The largest absolute Gasteiger partial charge is 0.486 e. The molecule has 1 fully saturated rings. The number of hydrogen-bond acceptors (Lipinski definition) is 7. The summed E-state index contributed by atoms with van der Waals surface area (Å²) in [5.41, 5.74) is 3.84. The molecule has 5 rings (SSSR count). The van der Waals surface area contributed by atoms with Crippen molar-refractivity contribution < 1.29 is 19.1 Å². The molecular formula is C28H28N4O4S. The molecule has 2 N–H and O–H groups in total. The molecule has 190 valence electrons. The molecule has 4 aromatic rings. The number of benzene rings is 3. The van der Waals surface area contributed by atoms with Crippen LogP contribution in [0.25, 0.3) is 11.0 Å². The maximum atomic E-state index is 11.8. The van der Waals surface area contributed by atoms with E-state index in [0.717, 1.165) is 51.4 Å². The fourth-order valence-corrected chi connectivity index (χ4v) is 4.97. The number of imide groups is 1. The Morgan fingerprint density at radius 1 is 1.00 bits per heavy atom. The van der Waals surface area contributed by atoms with Crippen molar-refractivity contribution in [2.24, 2.45) is 7.05 Å². The van der Waals surface area contributed by atoms with Gasteiger partial charge < -0.3 is 19.4 Å². The van der Waals surface area contributed by atoms with Gasteiger partial charge in [-0.1, -0.05) is 23.9 Å². The first kappa shape index (κ1) is 24.7. The highest BCUT2D eigenvalue weighted by atomic mass is 32.2. The average Bonchev–Trinajstić information content (AvgIpc) is 3.36. The van der Waals surface area contributed by atoms with E-state index >= 15 is 0 Å². The third kappa shape index (κ3) is 5.89. The van der Waals surface area contributed by atoms with Crippen LogP contribution in [-0.2, 0) is 24.9 Å². The molecule has 1 aliphatic heterocycles. The lowest BCUT2D eigenvalue weighted by molar-refractivity contribution is -0.118. The Bertz CT molecular complexity index is 1430. The Morgan fingerprint density at radius 3 is 2.38 bits per heavy atom. The van der Waals surface area contributed by atoms with Crippen LogP contribution in [0.15, 0.2) is 66.7 Å². The van der Waals surface area contributed by atoms with E-state index in [2.05, 4.69) is 24.5 Å². The molecule has 9 heteroatoms. The topological polar surface area (TPSA) is 94.5 Å². The van der Waals surface area contributed by atoms with Gasteiger partial charge in [-0.15, -0.1) is 0 Å². The molecule has 1 atom stereocenters. The van der Waals surface area contributed by atoms with Crippen LogP contribution in [0.2, 0.25) is 0 Å². The fraction of sp³-hybridized carbons (Fsp3) is 0.250. The van der Waals surface area contributed by atoms with Crippen molar-refractivity contribution in [1.29, 1.82) is 0 Å². The number of nitrogens with one attached hydrogen (secondary N) is 2. The van der Waals surface area contributed by atoms with E-state index in [1.165, 1.54) is 0 Å². The average molecular weight is 517 g/mol. The Balaban J connectivity index is 1.21. The van der Waals surface area contributed by atoms with Gasteiger partial charge in [-0.25, -0.2) is 4.98 Å². The minimum absolute atomic E-state index is 0.234. The highest BCUT2D eigenvalue weighted by Crippen LogP contribution is 2.28. The van der Waals surface area contributed by atoms with E-state index in [9.17, 15) is 9.59 Å². The zero-order chi connectivity index (χ0) is 25.9. The second-order valence-electron chi connectivity index (χ2n) is 9.18. The highest BCUT2D eigenvalue weighted by Gasteiger charge is 2.31. The number of amides is 2. The van der Waals surface area contributed by atoms with Crippen molar-refractivity contribution >= 4 is 39.6 Å². The molecule has 1 aromatic heterocycles. The third-order valence-electron chi connectivity index (χ3n) is 5.97. The summed E-state index contributed by atoms with van der Waals surface area (Å²) in [5.74, 6) is 2.76. The molecule has 0 saturated carbocycles. The maximum absolute atomic E-state index is 11.8. The standard InChI is InChI=1S/C28H28N4O4S/c1-17(2)29-19-6-10-21(11-7-19)36-22-12-13-23-24(15-22)32(3)26(30-23)16-35-20-8-4-18(5-9-20)14-25-27(33)31-28(34)37-25/h4-13,15,17,25,29H,14,16H2,1-3H3,(H,31,33,34). The summed E-state index contributed by atoms with van der Waals surface area (Å²) in [6.07, 6.45) is 0.497. The molecule has 1 saturated heterocycles. The van der Waals surface area contributed by atoms with E-state index in [4.69, 9.17) is 14.5 Å². The molecule has 0 spiro atoms. The van der Waals surface area contributed by atoms with Gasteiger partial charge in [0.1, 0.15) is 29.7 Å². The van der Waals surface area contributed by atoms with E-state index in [1.54, 1.807) is 0 Å². The Morgan fingerprint density at radius 2 is 1.70 bits per heavy atom. The Hall–Kier alpha value is -3.98. The maximum Gasteiger partial charge on any atom is 0.286 e. The van der Waals surface area contributed by atoms with Gasteiger partial charge in [0.25, 0.3) is 5.24 Å². The van der Waals surface area contributed by atoms with Crippen molar-refractivity contribution in [3.05, 3.63) is 78.1 Å². The Kier molecular flexibility index (Phi) is 7.05.